The van der Waals surface area contributed by atoms with E-state index < -0.39 is 5.60 Å². The number of ether oxygens (including phenoxy) is 1. The average Bonchev–Trinajstić information content (AvgIpc) is 2.74. The van der Waals surface area contributed by atoms with Crippen molar-refractivity contribution in [1.29, 1.82) is 0 Å². The number of rotatable bonds is 6. The van der Waals surface area contributed by atoms with Gasteiger partial charge in [-0.1, -0.05) is 30.3 Å². The number of hydrazine groups is 1. The third-order valence-electron chi connectivity index (χ3n) is 5.56. The Balaban J connectivity index is 1.43. The Kier molecular flexibility index (Phi) is 8.28. The van der Waals surface area contributed by atoms with Crippen molar-refractivity contribution in [2.75, 3.05) is 19.6 Å². The Morgan fingerprint density at radius 2 is 1.74 bits per heavy atom. The van der Waals surface area contributed by atoms with Crippen molar-refractivity contribution in [3.63, 3.8) is 0 Å². The molecule has 2 aliphatic rings. The molecule has 0 unspecified atom stereocenters. The molecule has 31 heavy (non-hydrogen) atoms. The van der Waals surface area contributed by atoms with Gasteiger partial charge in [-0.2, -0.15) is 0 Å². The van der Waals surface area contributed by atoms with Crippen molar-refractivity contribution in [3.8, 4) is 0 Å². The lowest BCUT2D eigenvalue weighted by Gasteiger charge is -2.37. The normalized spacial score (nSPS) is 21.0. The van der Waals surface area contributed by atoms with Crippen LogP contribution < -0.4 is 10.9 Å². The number of nitrogens with one attached hydrogen (secondary N) is 2. The highest BCUT2D eigenvalue weighted by molar-refractivity contribution is 5.82. The summed E-state index contributed by atoms with van der Waals surface area (Å²) in [4.78, 5) is 32.6. The van der Waals surface area contributed by atoms with E-state index >= 15 is 0 Å². The number of amides is 2. The first-order chi connectivity index (χ1) is 14.8. The molecule has 2 amide bonds. The van der Waals surface area contributed by atoms with Crippen LogP contribution >= 0.6 is 0 Å². The second kappa shape index (κ2) is 10.9. The average molecular weight is 433 g/mol. The molecular formula is C23H36N4O4. The number of piperidine rings is 2. The van der Waals surface area contributed by atoms with E-state index in [-0.39, 0.29) is 24.1 Å². The maximum Gasteiger partial charge on any atom is 0.410 e. The molecule has 0 bridgehead atoms. The Labute approximate surface area is 185 Å². The highest BCUT2D eigenvalue weighted by Crippen LogP contribution is 2.18. The molecule has 1 atom stereocenters. The van der Waals surface area contributed by atoms with E-state index in [1.54, 1.807) is 4.90 Å². The van der Waals surface area contributed by atoms with Gasteiger partial charge in [0.15, 0.2) is 0 Å². The molecule has 0 aliphatic carbocycles. The van der Waals surface area contributed by atoms with Gasteiger partial charge in [-0.3, -0.25) is 9.63 Å². The standard InChI is InChI=1S/C23H36N4O4/c1-23(2,3)31-22(29)26-15-12-19(13-16-26)24-21(28)20-11-7-8-14-27(20)25-30-17-18-9-5-4-6-10-18/h4-6,9-10,19-20,25H,7-8,11-17H2,1-3H3,(H,24,28)/t20-/m0/s1. The maximum atomic E-state index is 13.0. The van der Waals surface area contributed by atoms with Crippen LogP contribution in [0.15, 0.2) is 30.3 Å². The number of likely N-dealkylation sites (tertiary alicyclic amines) is 1. The topological polar surface area (TPSA) is 83.1 Å². The summed E-state index contributed by atoms with van der Waals surface area (Å²) in [5.74, 6) is 0.0197. The molecular weight excluding hydrogens is 396 g/mol. The van der Waals surface area contributed by atoms with Crippen LogP contribution in [0.25, 0.3) is 0 Å². The molecule has 2 saturated heterocycles. The smallest absolute Gasteiger partial charge is 0.410 e. The zero-order chi connectivity index (χ0) is 22.3. The van der Waals surface area contributed by atoms with Crippen molar-refractivity contribution >= 4 is 12.0 Å². The van der Waals surface area contributed by atoms with Crippen LogP contribution in [0, 0.1) is 0 Å². The Morgan fingerprint density at radius 3 is 2.42 bits per heavy atom. The lowest BCUT2D eigenvalue weighted by atomic mass is 10.0. The van der Waals surface area contributed by atoms with Crippen LogP contribution in [0.4, 0.5) is 4.79 Å². The van der Waals surface area contributed by atoms with E-state index in [1.165, 1.54) is 0 Å². The van der Waals surface area contributed by atoms with Crippen LogP contribution in [-0.2, 0) is 21.0 Å². The van der Waals surface area contributed by atoms with Crippen LogP contribution in [-0.4, -0.2) is 59.2 Å². The van der Waals surface area contributed by atoms with Crippen molar-refractivity contribution in [2.45, 2.75) is 77.2 Å². The predicted octanol–water partition coefficient (Wildman–Crippen LogP) is 2.99. The van der Waals surface area contributed by atoms with Crippen LogP contribution in [0.2, 0.25) is 0 Å². The SMILES string of the molecule is CC(C)(C)OC(=O)N1CCC(NC(=O)[C@@H]2CCCCN2NOCc2ccccc2)CC1. The van der Waals surface area contributed by atoms with Crippen molar-refractivity contribution in [1.82, 2.24) is 20.8 Å². The summed E-state index contributed by atoms with van der Waals surface area (Å²) in [5, 5.41) is 5.08. The van der Waals surface area contributed by atoms with Gasteiger partial charge in [0.2, 0.25) is 5.91 Å². The number of carbonyl (C=O) groups is 2. The molecule has 1 aromatic carbocycles. The number of nitrogens with zero attached hydrogens (tertiary/aromatic N) is 2. The molecule has 172 valence electrons. The molecule has 0 saturated carbocycles. The monoisotopic (exact) mass is 432 g/mol. The molecule has 1 aromatic rings. The zero-order valence-corrected chi connectivity index (χ0v) is 18.9. The predicted molar refractivity (Wildman–Crippen MR) is 118 cm³/mol. The molecule has 2 heterocycles. The highest BCUT2D eigenvalue weighted by Gasteiger charge is 2.32. The fraction of sp³-hybridized carbons (Fsp3) is 0.652. The van der Waals surface area contributed by atoms with Gasteiger partial charge in [-0.25, -0.2) is 9.80 Å². The molecule has 2 fully saturated rings. The number of benzene rings is 1. The lowest BCUT2D eigenvalue weighted by Crippen LogP contribution is -2.57. The molecule has 8 heteroatoms. The largest absolute Gasteiger partial charge is 0.444 e. The molecule has 0 spiro atoms. The molecule has 0 aromatic heterocycles. The minimum atomic E-state index is -0.498. The maximum absolute atomic E-state index is 13.0. The summed E-state index contributed by atoms with van der Waals surface area (Å²) in [7, 11) is 0. The summed E-state index contributed by atoms with van der Waals surface area (Å²) in [6.07, 6.45) is 4.02. The summed E-state index contributed by atoms with van der Waals surface area (Å²) in [6, 6.07) is 9.75. The van der Waals surface area contributed by atoms with Gasteiger partial charge in [0.1, 0.15) is 11.6 Å². The first kappa shape index (κ1) is 23.5. The summed E-state index contributed by atoms with van der Waals surface area (Å²) >= 11 is 0. The third kappa shape index (κ3) is 7.48. The highest BCUT2D eigenvalue weighted by atomic mass is 16.7. The van der Waals surface area contributed by atoms with Gasteiger partial charge in [0.05, 0.1) is 6.61 Å². The number of hydrogen-bond donors (Lipinski definition) is 2. The quantitative estimate of drug-likeness (QED) is 0.673. The molecule has 2 N–H and O–H groups in total. The van der Waals surface area contributed by atoms with Crippen LogP contribution in [0.5, 0.6) is 0 Å². The molecule has 0 radical (unpaired) electrons. The van der Waals surface area contributed by atoms with Crippen LogP contribution in [0.1, 0.15) is 58.4 Å². The zero-order valence-electron chi connectivity index (χ0n) is 18.9. The number of carbonyl (C=O) groups excluding carboxylic acids is 2. The van der Waals surface area contributed by atoms with Crippen molar-refractivity contribution in [3.05, 3.63) is 35.9 Å². The summed E-state index contributed by atoms with van der Waals surface area (Å²) < 4.78 is 5.44. The number of hydrogen-bond acceptors (Lipinski definition) is 6. The van der Waals surface area contributed by atoms with E-state index in [1.807, 2.05) is 56.1 Å². The molecule has 2 aliphatic heterocycles. The van der Waals surface area contributed by atoms with E-state index in [4.69, 9.17) is 9.57 Å². The fourth-order valence-electron chi connectivity index (χ4n) is 3.92. The van der Waals surface area contributed by atoms with Crippen LogP contribution in [0.3, 0.4) is 0 Å². The van der Waals surface area contributed by atoms with Gasteiger partial charge in [-0.15, -0.1) is 5.59 Å². The third-order valence-corrected chi connectivity index (χ3v) is 5.56. The van der Waals surface area contributed by atoms with E-state index in [9.17, 15) is 9.59 Å². The Morgan fingerprint density at radius 1 is 1.03 bits per heavy atom. The van der Waals surface area contributed by atoms with E-state index in [0.29, 0.717) is 19.7 Å². The minimum Gasteiger partial charge on any atom is -0.444 e. The van der Waals surface area contributed by atoms with Gasteiger partial charge < -0.3 is 15.0 Å². The van der Waals surface area contributed by atoms with E-state index in [0.717, 1.165) is 44.2 Å². The van der Waals surface area contributed by atoms with Crippen molar-refractivity contribution < 1.29 is 19.2 Å². The van der Waals surface area contributed by atoms with Gasteiger partial charge in [0.25, 0.3) is 0 Å². The van der Waals surface area contributed by atoms with Gasteiger partial charge in [0, 0.05) is 25.7 Å². The Hall–Kier alpha value is -2.16. The second-order valence-corrected chi connectivity index (χ2v) is 9.32. The second-order valence-electron chi connectivity index (χ2n) is 9.32. The lowest BCUT2D eigenvalue weighted by molar-refractivity contribution is -0.149. The van der Waals surface area contributed by atoms with Gasteiger partial charge in [-0.05, 0) is 58.4 Å². The minimum absolute atomic E-state index is 0.0197. The Bertz CT molecular complexity index is 714. The molecule has 3 rings (SSSR count). The first-order valence-electron chi connectivity index (χ1n) is 11.3. The van der Waals surface area contributed by atoms with E-state index in [2.05, 4.69) is 10.9 Å². The molecule has 8 nitrogen and oxygen atoms in total. The van der Waals surface area contributed by atoms with Gasteiger partial charge >= 0.3 is 6.09 Å². The summed E-state index contributed by atoms with van der Waals surface area (Å²) in [6.45, 7) is 7.99. The summed E-state index contributed by atoms with van der Waals surface area (Å²) in [5.41, 5.74) is 3.56. The first-order valence-corrected chi connectivity index (χ1v) is 11.3. The fourth-order valence-corrected chi connectivity index (χ4v) is 3.92. The van der Waals surface area contributed by atoms with Crippen molar-refractivity contribution in [2.24, 2.45) is 0 Å².